The third kappa shape index (κ3) is 2.76. The largest absolute Gasteiger partial charge is 0.453 e. The quantitative estimate of drug-likeness (QED) is 0.579. The number of halogens is 1. The van der Waals surface area contributed by atoms with Crippen LogP contribution in [0.25, 0.3) is 0 Å². The Labute approximate surface area is 153 Å². The average Bonchev–Trinajstić information content (AvgIpc) is 2.91. The number of rotatable bonds is 3. The molecule has 1 heterocycles. The molecular formula is C23H23FO2. The summed E-state index contributed by atoms with van der Waals surface area (Å²) < 4.78 is 19.1. The van der Waals surface area contributed by atoms with Crippen molar-refractivity contribution >= 4 is 5.97 Å². The van der Waals surface area contributed by atoms with Gasteiger partial charge in [-0.25, -0.2) is 9.18 Å². The molecule has 2 nitrogen and oxygen atoms in total. The molecule has 2 aliphatic rings. The smallest absolute Gasteiger partial charge is 0.334 e. The first-order valence-electron chi connectivity index (χ1n) is 9.21. The number of carbonyl (C=O) groups is 1. The van der Waals surface area contributed by atoms with E-state index in [2.05, 4.69) is 26.5 Å². The molecule has 0 bridgehead atoms. The minimum absolute atomic E-state index is 0.103. The van der Waals surface area contributed by atoms with E-state index in [-0.39, 0.29) is 23.8 Å². The molecule has 2 atom stereocenters. The van der Waals surface area contributed by atoms with Crippen molar-refractivity contribution in [1.29, 1.82) is 0 Å². The van der Waals surface area contributed by atoms with Gasteiger partial charge in [0, 0.05) is 11.5 Å². The normalized spacial score (nSPS) is 21.3. The summed E-state index contributed by atoms with van der Waals surface area (Å²) in [6, 6.07) is 9.03. The van der Waals surface area contributed by atoms with Crippen LogP contribution in [0.5, 0.6) is 0 Å². The van der Waals surface area contributed by atoms with Crippen molar-refractivity contribution < 1.29 is 13.9 Å². The molecule has 0 saturated carbocycles. The molecular weight excluding hydrogens is 327 g/mol. The highest BCUT2D eigenvalue weighted by atomic mass is 19.1. The molecule has 1 fully saturated rings. The fraction of sp³-hybridized carbons (Fsp3) is 0.348. The Morgan fingerprint density at radius 2 is 2.04 bits per heavy atom. The number of esters is 1. The van der Waals surface area contributed by atoms with E-state index in [4.69, 9.17) is 4.74 Å². The topological polar surface area (TPSA) is 26.3 Å². The van der Waals surface area contributed by atoms with Crippen molar-refractivity contribution in [1.82, 2.24) is 0 Å². The van der Waals surface area contributed by atoms with Crippen molar-refractivity contribution in [3.05, 3.63) is 81.7 Å². The lowest BCUT2D eigenvalue weighted by molar-refractivity contribution is -0.139. The highest BCUT2D eigenvalue weighted by Crippen LogP contribution is 2.48. The fourth-order valence-corrected chi connectivity index (χ4v) is 4.51. The van der Waals surface area contributed by atoms with Crippen molar-refractivity contribution in [3.63, 3.8) is 0 Å². The summed E-state index contributed by atoms with van der Waals surface area (Å²) in [7, 11) is 0. The lowest BCUT2D eigenvalue weighted by Gasteiger charge is -2.30. The average molecular weight is 350 g/mol. The maximum Gasteiger partial charge on any atom is 0.334 e. The van der Waals surface area contributed by atoms with E-state index in [0.717, 1.165) is 31.2 Å². The molecule has 0 unspecified atom stereocenters. The summed E-state index contributed by atoms with van der Waals surface area (Å²) in [5.41, 5.74) is 7.83. The second kappa shape index (κ2) is 6.39. The molecule has 2 aromatic carbocycles. The standard InChI is InChI=1S/C23H23FO2/c1-13-11-17(8-7-16-5-4-6-18(24)12-16)14(2)21-19(13)9-10-20-15(3)23(25)26-22(20)21/h4-6,11-12,20,22H,3,7-10H2,1-2H3/t20-,22+/m0/s1. The first-order chi connectivity index (χ1) is 12.5. The zero-order valence-corrected chi connectivity index (χ0v) is 15.3. The second-order valence-electron chi connectivity index (χ2n) is 7.50. The molecule has 26 heavy (non-hydrogen) atoms. The maximum atomic E-state index is 13.4. The molecule has 0 N–H and O–H groups in total. The Morgan fingerprint density at radius 1 is 1.23 bits per heavy atom. The van der Waals surface area contributed by atoms with Crippen LogP contribution < -0.4 is 0 Å². The Kier molecular flexibility index (Phi) is 4.18. The third-order valence-corrected chi connectivity index (χ3v) is 5.95. The summed E-state index contributed by atoms with van der Waals surface area (Å²) in [4.78, 5) is 12.0. The summed E-state index contributed by atoms with van der Waals surface area (Å²) in [6.45, 7) is 8.20. The number of aryl methyl sites for hydroxylation is 3. The van der Waals surface area contributed by atoms with Crippen molar-refractivity contribution in [2.24, 2.45) is 5.92 Å². The van der Waals surface area contributed by atoms with Crippen LogP contribution in [0.4, 0.5) is 4.39 Å². The predicted octanol–water partition coefficient (Wildman–Crippen LogP) is 4.94. The fourth-order valence-electron chi connectivity index (χ4n) is 4.51. The summed E-state index contributed by atoms with van der Waals surface area (Å²) >= 11 is 0. The van der Waals surface area contributed by atoms with Gasteiger partial charge < -0.3 is 4.74 Å². The van der Waals surface area contributed by atoms with Gasteiger partial charge in [0.2, 0.25) is 0 Å². The Bertz CT molecular complexity index is 913. The van der Waals surface area contributed by atoms with Crippen LogP contribution in [0.1, 0.15) is 45.9 Å². The summed E-state index contributed by atoms with van der Waals surface area (Å²) in [5.74, 6) is -0.346. The van der Waals surface area contributed by atoms with Gasteiger partial charge in [-0.1, -0.05) is 24.8 Å². The molecule has 0 radical (unpaired) electrons. The monoisotopic (exact) mass is 350 g/mol. The zero-order chi connectivity index (χ0) is 18.4. The van der Waals surface area contributed by atoms with Crippen LogP contribution in [-0.2, 0) is 28.8 Å². The number of carbonyl (C=O) groups excluding carboxylic acids is 1. The van der Waals surface area contributed by atoms with E-state index >= 15 is 0 Å². The van der Waals surface area contributed by atoms with Gasteiger partial charge in [0.15, 0.2) is 0 Å². The molecule has 1 saturated heterocycles. The van der Waals surface area contributed by atoms with E-state index in [1.54, 1.807) is 12.1 Å². The van der Waals surface area contributed by atoms with E-state index in [1.807, 2.05) is 6.07 Å². The van der Waals surface area contributed by atoms with Crippen LogP contribution in [0.3, 0.4) is 0 Å². The van der Waals surface area contributed by atoms with Gasteiger partial charge in [-0.2, -0.15) is 0 Å². The highest BCUT2D eigenvalue weighted by molar-refractivity contribution is 5.91. The Balaban J connectivity index is 1.68. The molecule has 1 aliphatic heterocycles. The number of fused-ring (bicyclic) bond motifs is 3. The number of hydrogen-bond acceptors (Lipinski definition) is 2. The summed E-state index contributed by atoms with van der Waals surface area (Å²) in [6.07, 6.45) is 3.33. The van der Waals surface area contributed by atoms with Crippen LogP contribution >= 0.6 is 0 Å². The van der Waals surface area contributed by atoms with E-state index in [1.165, 1.54) is 33.9 Å². The third-order valence-electron chi connectivity index (χ3n) is 5.95. The molecule has 3 heteroatoms. The van der Waals surface area contributed by atoms with Gasteiger partial charge in [0.1, 0.15) is 11.9 Å². The molecule has 1 aliphatic carbocycles. The van der Waals surface area contributed by atoms with Crippen LogP contribution in [0, 0.1) is 25.6 Å². The van der Waals surface area contributed by atoms with Gasteiger partial charge in [-0.15, -0.1) is 0 Å². The number of benzene rings is 2. The predicted molar refractivity (Wildman–Crippen MR) is 99.5 cm³/mol. The molecule has 4 rings (SSSR count). The van der Waals surface area contributed by atoms with Crippen LogP contribution in [0.15, 0.2) is 42.5 Å². The lowest BCUT2D eigenvalue weighted by atomic mass is 9.75. The minimum Gasteiger partial charge on any atom is -0.453 e. The minimum atomic E-state index is -0.255. The molecule has 2 aromatic rings. The van der Waals surface area contributed by atoms with Gasteiger partial charge in [0.25, 0.3) is 0 Å². The van der Waals surface area contributed by atoms with E-state index in [9.17, 15) is 9.18 Å². The highest BCUT2D eigenvalue weighted by Gasteiger charge is 2.43. The zero-order valence-electron chi connectivity index (χ0n) is 15.3. The number of ether oxygens (including phenoxy) is 1. The molecule has 134 valence electrons. The van der Waals surface area contributed by atoms with Gasteiger partial charge in [0.05, 0.1) is 0 Å². The molecule has 0 aromatic heterocycles. The first-order valence-corrected chi connectivity index (χ1v) is 9.21. The van der Waals surface area contributed by atoms with Crippen molar-refractivity contribution in [2.45, 2.75) is 45.6 Å². The van der Waals surface area contributed by atoms with Crippen molar-refractivity contribution in [2.75, 3.05) is 0 Å². The summed E-state index contributed by atoms with van der Waals surface area (Å²) in [5, 5.41) is 0. The van der Waals surface area contributed by atoms with E-state index in [0.29, 0.717) is 5.57 Å². The lowest BCUT2D eigenvalue weighted by Crippen LogP contribution is -2.21. The Morgan fingerprint density at radius 3 is 2.81 bits per heavy atom. The molecule has 0 spiro atoms. The van der Waals surface area contributed by atoms with Crippen LogP contribution in [0.2, 0.25) is 0 Å². The Hall–Kier alpha value is -2.42. The van der Waals surface area contributed by atoms with Crippen LogP contribution in [-0.4, -0.2) is 5.97 Å². The molecule has 0 amide bonds. The first kappa shape index (κ1) is 17.0. The SMILES string of the molecule is C=C1C(=O)O[C@H]2c3c(C)c(CCc4cccc(F)c4)cc(C)c3CC[C@@H]12. The van der Waals surface area contributed by atoms with E-state index < -0.39 is 0 Å². The number of hydrogen-bond donors (Lipinski definition) is 0. The van der Waals surface area contributed by atoms with Gasteiger partial charge in [-0.05, 0) is 85.0 Å². The second-order valence-corrected chi connectivity index (χ2v) is 7.50. The van der Waals surface area contributed by atoms with Gasteiger partial charge >= 0.3 is 5.97 Å². The van der Waals surface area contributed by atoms with Crippen molar-refractivity contribution in [3.8, 4) is 0 Å². The maximum absolute atomic E-state index is 13.4. The van der Waals surface area contributed by atoms with Gasteiger partial charge in [-0.3, -0.25) is 0 Å².